The van der Waals surface area contributed by atoms with Gasteiger partial charge >= 0.3 is 0 Å². The Morgan fingerprint density at radius 2 is 2.03 bits per heavy atom. The van der Waals surface area contributed by atoms with E-state index < -0.39 is 0 Å². The van der Waals surface area contributed by atoms with E-state index in [2.05, 4.69) is 51.6 Å². The van der Waals surface area contributed by atoms with Crippen molar-refractivity contribution in [3.63, 3.8) is 0 Å². The number of rotatable bonds is 6. The van der Waals surface area contributed by atoms with Gasteiger partial charge in [0.25, 0.3) is 5.91 Å². The fourth-order valence-corrected chi connectivity index (χ4v) is 4.26. The Morgan fingerprint density at radius 3 is 2.77 bits per heavy atom. The minimum Gasteiger partial charge on any atom is -0.383 e. The van der Waals surface area contributed by atoms with Gasteiger partial charge in [-0.05, 0) is 37.9 Å². The van der Waals surface area contributed by atoms with Crippen molar-refractivity contribution in [1.29, 1.82) is 0 Å². The van der Waals surface area contributed by atoms with Crippen molar-refractivity contribution in [1.82, 2.24) is 25.0 Å². The number of anilines is 1. The number of nitrogen functional groups attached to an aromatic ring is 1. The molecule has 1 aliphatic carbocycles. The number of benzene rings is 1. The Labute approximate surface area is 176 Å². The maximum atomic E-state index is 13.1. The SMILES string of the molecule is CN(Cc1ccccc1)C1CCC[C@@H]1NC(=O)c1cc(-c2cnn(C)c2)cnc1N. The van der Waals surface area contributed by atoms with Crippen LogP contribution in [0.4, 0.5) is 5.82 Å². The maximum Gasteiger partial charge on any atom is 0.255 e. The zero-order valence-corrected chi connectivity index (χ0v) is 17.5. The van der Waals surface area contributed by atoms with Crippen LogP contribution in [0.1, 0.15) is 35.2 Å². The smallest absolute Gasteiger partial charge is 0.255 e. The third kappa shape index (κ3) is 4.36. The molecule has 2 atom stereocenters. The summed E-state index contributed by atoms with van der Waals surface area (Å²) in [6, 6.07) is 12.6. The monoisotopic (exact) mass is 404 g/mol. The van der Waals surface area contributed by atoms with E-state index in [0.29, 0.717) is 11.6 Å². The number of carbonyl (C=O) groups excluding carboxylic acids is 1. The molecule has 1 unspecified atom stereocenters. The van der Waals surface area contributed by atoms with Gasteiger partial charge in [-0.3, -0.25) is 14.4 Å². The lowest BCUT2D eigenvalue weighted by atomic mass is 10.1. The van der Waals surface area contributed by atoms with Crippen molar-refractivity contribution in [3.05, 3.63) is 66.1 Å². The lowest BCUT2D eigenvalue weighted by molar-refractivity contribution is 0.0911. The molecule has 7 nitrogen and oxygen atoms in total. The maximum absolute atomic E-state index is 13.1. The molecule has 1 fully saturated rings. The van der Waals surface area contributed by atoms with Crippen molar-refractivity contribution in [2.45, 2.75) is 37.9 Å². The highest BCUT2D eigenvalue weighted by Crippen LogP contribution is 2.26. The highest BCUT2D eigenvalue weighted by molar-refractivity contribution is 5.99. The van der Waals surface area contributed by atoms with Crippen molar-refractivity contribution in [2.75, 3.05) is 12.8 Å². The van der Waals surface area contributed by atoms with Crippen LogP contribution in [0.25, 0.3) is 11.1 Å². The predicted molar refractivity (Wildman–Crippen MR) is 118 cm³/mol. The molecule has 2 aromatic heterocycles. The van der Waals surface area contributed by atoms with E-state index in [1.54, 1.807) is 23.1 Å². The summed E-state index contributed by atoms with van der Waals surface area (Å²) in [4.78, 5) is 19.6. The molecule has 7 heteroatoms. The number of aromatic nitrogens is 3. The number of nitrogens with two attached hydrogens (primary N) is 1. The van der Waals surface area contributed by atoms with Crippen molar-refractivity contribution in [3.8, 4) is 11.1 Å². The van der Waals surface area contributed by atoms with E-state index in [0.717, 1.165) is 36.9 Å². The summed E-state index contributed by atoms with van der Waals surface area (Å²) >= 11 is 0. The van der Waals surface area contributed by atoms with Gasteiger partial charge in [0.2, 0.25) is 0 Å². The summed E-state index contributed by atoms with van der Waals surface area (Å²) in [5, 5.41) is 7.40. The highest BCUT2D eigenvalue weighted by Gasteiger charge is 2.32. The number of nitrogens with one attached hydrogen (secondary N) is 1. The molecule has 0 aliphatic heterocycles. The van der Waals surface area contributed by atoms with Crippen molar-refractivity contribution in [2.24, 2.45) is 7.05 Å². The van der Waals surface area contributed by atoms with Crippen LogP contribution in [0, 0.1) is 0 Å². The first kappa shape index (κ1) is 20.1. The fourth-order valence-electron chi connectivity index (χ4n) is 4.26. The summed E-state index contributed by atoms with van der Waals surface area (Å²) in [7, 11) is 3.98. The average molecular weight is 405 g/mol. The Kier molecular flexibility index (Phi) is 5.81. The molecule has 156 valence electrons. The van der Waals surface area contributed by atoms with Gasteiger partial charge in [-0.15, -0.1) is 0 Å². The van der Waals surface area contributed by atoms with Crippen LogP contribution < -0.4 is 11.1 Å². The second-order valence-electron chi connectivity index (χ2n) is 8.04. The van der Waals surface area contributed by atoms with Gasteiger partial charge in [-0.1, -0.05) is 30.3 Å². The minimum atomic E-state index is -0.171. The van der Waals surface area contributed by atoms with Gasteiger partial charge in [-0.25, -0.2) is 4.98 Å². The third-order valence-electron chi connectivity index (χ3n) is 5.84. The summed E-state index contributed by atoms with van der Waals surface area (Å²) in [6.45, 7) is 0.859. The molecule has 2 heterocycles. The molecular weight excluding hydrogens is 376 g/mol. The van der Waals surface area contributed by atoms with Crippen molar-refractivity contribution >= 4 is 11.7 Å². The Morgan fingerprint density at radius 1 is 1.23 bits per heavy atom. The molecule has 1 saturated carbocycles. The van der Waals surface area contributed by atoms with Crippen LogP contribution in [-0.4, -0.2) is 44.7 Å². The van der Waals surface area contributed by atoms with Gasteiger partial charge in [-0.2, -0.15) is 5.10 Å². The van der Waals surface area contributed by atoms with Gasteiger partial charge in [0.15, 0.2) is 0 Å². The zero-order chi connectivity index (χ0) is 21.1. The summed E-state index contributed by atoms with van der Waals surface area (Å²) in [5.74, 6) is 0.0723. The van der Waals surface area contributed by atoms with Gasteiger partial charge < -0.3 is 11.1 Å². The first-order valence-electron chi connectivity index (χ1n) is 10.3. The van der Waals surface area contributed by atoms with Crippen LogP contribution in [0.2, 0.25) is 0 Å². The number of amides is 1. The molecule has 1 aliphatic rings. The van der Waals surface area contributed by atoms with Gasteiger partial charge in [0.05, 0.1) is 11.8 Å². The number of carbonyl (C=O) groups is 1. The molecule has 0 saturated heterocycles. The van der Waals surface area contributed by atoms with E-state index >= 15 is 0 Å². The van der Waals surface area contributed by atoms with E-state index in [4.69, 9.17) is 5.73 Å². The third-order valence-corrected chi connectivity index (χ3v) is 5.84. The zero-order valence-electron chi connectivity index (χ0n) is 17.5. The number of nitrogens with zero attached hydrogens (tertiary/aromatic N) is 4. The predicted octanol–water partition coefficient (Wildman–Crippen LogP) is 2.85. The topological polar surface area (TPSA) is 89.1 Å². The molecule has 0 radical (unpaired) electrons. The summed E-state index contributed by atoms with van der Waals surface area (Å²) in [6.07, 6.45) is 8.44. The Hall–Kier alpha value is -3.19. The standard InChI is InChI=1S/C23H28N6O/c1-28(14-16-7-4-3-5-8-16)21-10-6-9-20(21)27-23(30)19-11-17(12-25-22(19)24)18-13-26-29(2)15-18/h3-5,7-8,11-13,15,20-21H,6,9-10,14H2,1-2H3,(H2,24,25)(H,27,30)/t20-,21?/m0/s1. The highest BCUT2D eigenvalue weighted by atomic mass is 16.1. The molecule has 30 heavy (non-hydrogen) atoms. The molecule has 0 spiro atoms. The molecule has 0 bridgehead atoms. The fraction of sp³-hybridized carbons (Fsp3) is 0.348. The number of likely N-dealkylation sites (N-methyl/N-ethyl adjacent to an activating group) is 1. The number of aryl methyl sites for hydroxylation is 1. The molecule has 3 aromatic rings. The summed E-state index contributed by atoms with van der Waals surface area (Å²) in [5.41, 5.74) is 9.45. The van der Waals surface area contributed by atoms with Crippen LogP contribution in [-0.2, 0) is 13.6 Å². The quantitative estimate of drug-likeness (QED) is 0.659. The lowest BCUT2D eigenvalue weighted by Gasteiger charge is -2.30. The van der Waals surface area contributed by atoms with Gasteiger partial charge in [0.1, 0.15) is 5.82 Å². The molecule has 1 amide bonds. The van der Waals surface area contributed by atoms with E-state index in [9.17, 15) is 4.79 Å². The van der Waals surface area contributed by atoms with Crippen LogP contribution in [0.5, 0.6) is 0 Å². The molecular formula is C23H28N6O. The Balaban J connectivity index is 1.47. The average Bonchev–Trinajstić information content (AvgIpc) is 3.38. The molecule has 1 aromatic carbocycles. The van der Waals surface area contributed by atoms with Gasteiger partial charge in [0, 0.05) is 49.2 Å². The van der Waals surface area contributed by atoms with Crippen LogP contribution >= 0.6 is 0 Å². The molecule has 3 N–H and O–H groups in total. The van der Waals surface area contributed by atoms with Crippen LogP contribution in [0.15, 0.2) is 55.0 Å². The first-order valence-corrected chi connectivity index (χ1v) is 10.3. The normalized spacial score (nSPS) is 18.6. The summed E-state index contributed by atoms with van der Waals surface area (Å²) < 4.78 is 1.72. The molecule has 4 rings (SSSR count). The minimum absolute atomic E-state index is 0.0904. The Bertz CT molecular complexity index is 1020. The van der Waals surface area contributed by atoms with Crippen LogP contribution in [0.3, 0.4) is 0 Å². The first-order chi connectivity index (χ1) is 14.5. The van der Waals surface area contributed by atoms with E-state index in [1.807, 2.05) is 19.3 Å². The van der Waals surface area contributed by atoms with E-state index in [1.165, 1.54) is 5.56 Å². The second kappa shape index (κ2) is 8.67. The number of pyridine rings is 1. The largest absolute Gasteiger partial charge is 0.383 e. The number of hydrogen-bond donors (Lipinski definition) is 2. The second-order valence-corrected chi connectivity index (χ2v) is 8.04. The number of hydrogen-bond acceptors (Lipinski definition) is 5. The van der Waals surface area contributed by atoms with E-state index in [-0.39, 0.29) is 17.8 Å². The van der Waals surface area contributed by atoms with Crippen molar-refractivity contribution < 1.29 is 4.79 Å². The lowest BCUT2D eigenvalue weighted by Crippen LogP contribution is -2.47.